The lowest BCUT2D eigenvalue weighted by Crippen LogP contribution is -2.32. The van der Waals surface area contributed by atoms with Crippen LogP contribution < -0.4 is 9.47 Å². The Balaban J connectivity index is 2.09. The van der Waals surface area contributed by atoms with E-state index in [9.17, 15) is 14.7 Å². The fourth-order valence-electron chi connectivity index (χ4n) is 3.54. The number of hydrogen-bond donors (Lipinski definition) is 1. The minimum atomic E-state index is -0.735. The summed E-state index contributed by atoms with van der Waals surface area (Å²) in [6, 6.07) is 13.2. The van der Waals surface area contributed by atoms with E-state index in [0.29, 0.717) is 29.2 Å². The maximum atomic E-state index is 13.0. The number of methoxy groups -OCH3 is 2. The van der Waals surface area contributed by atoms with Gasteiger partial charge in [0.05, 0.1) is 31.9 Å². The molecule has 164 valence electrons. The lowest BCUT2D eigenvalue weighted by Gasteiger charge is -2.25. The molecule has 31 heavy (non-hydrogen) atoms. The largest absolute Gasteiger partial charge is 0.507 e. The van der Waals surface area contributed by atoms with E-state index in [-0.39, 0.29) is 24.5 Å². The molecule has 0 spiro atoms. The molecule has 0 bridgehead atoms. The molecule has 1 amide bonds. The van der Waals surface area contributed by atoms with Crippen molar-refractivity contribution >= 4 is 17.4 Å². The zero-order valence-corrected chi connectivity index (χ0v) is 18.0. The molecule has 1 N–H and O–H groups in total. The number of rotatable bonds is 9. The zero-order chi connectivity index (χ0) is 22.4. The molecule has 0 aliphatic carbocycles. The number of nitrogens with zero attached hydrogens (tertiary/aromatic N) is 1. The summed E-state index contributed by atoms with van der Waals surface area (Å²) in [4.78, 5) is 27.2. The summed E-state index contributed by atoms with van der Waals surface area (Å²) in [5, 5.41) is 11.1. The molecule has 2 aromatic rings. The number of likely N-dealkylation sites (tertiary alicyclic amines) is 1. The summed E-state index contributed by atoms with van der Waals surface area (Å²) >= 11 is 0. The van der Waals surface area contributed by atoms with Gasteiger partial charge in [-0.1, -0.05) is 31.2 Å². The number of Topliss-reactive ketones (excluding diaryl/α,β-unsaturated/α-hetero) is 1. The minimum Gasteiger partial charge on any atom is -0.507 e. The Morgan fingerprint density at radius 1 is 1.03 bits per heavy atom. The van der Waals surface area contributed by atoms with Gasteiger partial charge in [-0.25, -0.2) is 0 Å². The molecule has 7 heteroatoms. The molecule has 2 aromatic carbocycles. The van der Waals surface area contributed by atoms with Crippen LogP contribution in [0.1, 0.15) is 30.5 Å². The molecule has 1 unspecified atom stereocenters. The van der Waals surface area contributed by atoms with Crippen LogP contribution in [-0.2, 0) is 14.3 Å². The van der Waals surface area contributed by atoms with E-state index >= 15 is 0 Å². The van der Waals surface area contributed by atoms with Crippen molar-refractivity contribution in [3.63, 3.8) is 0 Å². The molecule has 1 atom stereocenters. The highest BCUT2D eigenvalue weighted by Gasteiger charge is 2.45. The van der Waals surface area contributed by atoms with Crippen molar-refractivity contribution in [2.45, 2.75) is 19.4 Å². The molecule has 0 saturated carbocycles. The summed E-state index contributed by atoms with van der Waals surface area (Å²) in [5.41, 5.74) is 1.15. The van der Waals surface area contributed by atoms with Crippen molar-refractivity contribution in [2.24, 2.45) is 0 Å². The first-order chi connectivity index (χ1) is 15.0. The molecule has 3 rings (SSSR count). The summed E-state index contributed by atoms with van der Waals surface area (Å²) in [7, 11) is 3.09. The molecule has 0 aromatic heterocycles. The van der Waals surface area contributed by atoms with Gasteiger partial charge < -0.3 is 24.2 Å². The van der Waals surface area contributed by atoms with Crippen molar-refractivity contribution in [3.8, 4) is 11.5 Å². The van der Waals surface area contributed by atoms with Gasteiger partial charge in [-0.3, -0.25) is 9.59 Å². The van der Waals surface area contributed by atoms with E-state index in [1.807, 2.05) is 6.92 Å². The lowest BCUT2D eigenvalue weighted by molar-refractivity contribution is -0.140. The molecule has 7 nitrogen and oxygen atoms in total. The first kappa shape index (κ1) is 22.4. The van der Waals surface area contributed by atoms with Gasteiger partial charge in [0.2, 0.25) is 0 Å². The summed E-state index contributed by atoms with van der Waals surface area (Å²) in [6.07, 6.45) is 0.846. The van der Waals surface area contributed by atoms with Crippen LogP contribution in [0.25, 0.3) is 5.76 Å². The van der Waals surface area contributed by atoms with E-state index in [4.69, 9.17) is 14.2 Å². The highest BCUT2D eigenvalue weighted by atomic mass is 16.5. The summed E-state index contributed by atoms with van der Waals surface area (Å²) in [6.45, 7) is 3.02. The topological polar surface area (TPSA) is 85.3 Å². The Morgan fingerprint density at radius 2 is 1.77 bits per heavy atom. The number of benzene rings is 2. The Hall–Kier alpha value is -3.32. The smallest absolute Gasteiger partial charge is 0.295 e. The van der Waals surface area contributed by atoms with Gasteiger partial charge in [-0.05, 0) is 36.2 Å². The first-order valence-corrected chi connectivity index (χ1v) is 10.2. The number of hydrogen-bond acceptors (Lipinski definition) is 6. The minimum absolute atomic E-state index is 0.0407. The Kier molecular flexibility index (Phi) is 7.31. The zero-order valence-electron chi connectivity index (χ0n) is 18.0. The van der Waals surface area contributed by atoms with Gasteiger partial charge in [-0.15, -0.1) is 0 Å². The summed E-state index contributed by atoms with van der Waals surface area (Å²) < 4.78 is 16.0. The quantitative estimate of drug-likeness (QED) is 0.376. The molecular formula is C24H27NO6. The van der Waals surface area contributed by atoms with E-state index in [0.717, 1.165) is 6.42 Å². The van der Waals surface area contributed by atoms with Crippen molar-refractivity contribution < 1.29 is 28.9 Å². The third kappa shape index (κ3) is 4.72. The maximum absolute atomic E-state index is 13.0. The number of amides is 1. The fraction of sp³-hybridized carbons (Fsp3) is 0.333. The van der Waals surface area contributed by atoms with Crippen molar-refractivity contribution in [2.75, 3.05) is 34.0 Å². The van der Waals surface area contributed by atoms with Crippen molar-refractivity contribution in [1.29, 1.82) is 0 Å². The molecule has 1 aliphatic heterocycles. The summed E-state index contributed by atoms with van der Waals surface area (Å²) in [5.74, 6) is -0.396. The van der Waals surface area contributed by atoms with Crippen LogP contribution in [0.2, 0.25) is 0 Å². The van der Waals surface area contributed by atoms with Gasteiger partial charge in [-0.2, -0.15) is 0 Å². The van der Waals surface area contributed by atoms with Crippen LogP contribution in [0.5, 0.6) is 11.5 Å². The monoisotopic (exact) mass is 425 g/mol. The molecule has 1 aliphatic rings. The molecule has 0 radical (unpaired) electrons. The van der Waals surface area contributed by atoms with Crippen LogP contribution in [0.4, 0.5) is 0 Å². The van der Waals surface area contributed by atoms with Crippen LogP contribution in [-0.4, -0.2) is 55.7 Å². The van der Waals surface area contributed by atoms with Crippen LogP contribution >= 0.6 is 0 Å². The second-order valence-electron chi connectivity index (χ2n) is 7.13. The van der Waals surface area contributed by atoms with E-state index < -0.39 is 17.7 Å². The highest BCUT2D eigenvalue weighted by Crippen LogP contribution is 2.40. The Bertz CT molecular complexity index is 966. The van der Waals surface area contributed by atoms with Gasteiger partial charge in [0.1, 0.15) is 17.3 Å². The number of ketones is 1. The molecular weight excluding hydrogens is 398 g/mol. The SMILES string of the molecule is CCCOc1cccc(/C(O)=C2/C(=O)C(=O)N(CCOC)C2c2ccc(OC)cc2)c1. The number of carbonyl (C=O) groups excluding carboxylic acids is 2. The maximum Gasteiger partial charge on any atom is 0.295 e. The predicted octanol–water partition coefficient (Wildman–Crippen LogP) is 3.55. The number of ether oxygens (including phenoxy) is 3. The van der Waals surface area contributed by atoms with E-state index in [1.165, 1.54) is 12.0 Å². The van der Waals surface area contributed by atoms with Gasteiger partial charge >= 0.3 is 0 Å². The second kappa shape index (κ2) is 10.1. The average Bonchev–Trinajstić information content (AvgIpc) is 3.05. The third-order valence-electron chi connectivity index (χ3n) is 5.09. The fourth-order valence-corrected chi connectivity index (χ4v) is 3.54. The van der Waals surface area contributed by atoms with Gasteiger partial charge in [0.25, 0.3) is 11.7 Å². The number of aliphatic hydroxyl groups excluding tert-OH is 1. The Morgan fingerprint density at radius 3 is 2.42 bits per heavy atom. The standard InChI is InChI=1S/C24H27NO6/c1-4-13-31-19-7-5-6-17(15-19)22(26)20-21(16-8-10-18(30-3)11-9-16)25(12-14-29-2)24(28)23(20)27/h5-11,15,21,26H,4,12-14H2,1-3H3/b22-20-. The van der Waals surface area contributed by atoms with Gasteiger partial charge in [0.15, 0.2) is 0 Å². The van der Waals surface area contributed by atoms with E-state index in [2.05, 4.69) is 0 Å². The van der Waals surface area contributed by atoms with Crippen molar-refractivity contribution in [1.82, 2.24) is 4.90 Å². The number of carbonyl (C=O) groups is 2. The normalized spacial score (nSPS) is 17.8. The molecule has 1 heterocycles. The number of aliphatic hydroxyl groups is 1. The third-order valence-corrected chi connectivity index (χ3v) is 5.09. The van der Waals surface area contributed by atoms with Gasteiger partial charge in [0, 0.05) is 19.2 Å². The molecule has 1 saturated heterocycles. The lowest BCUT2D eigenvalue weighted by atomic mass is 9.95. The van der Waals surface area contributed by atoms with E-state index in [1.54, 1.807) is 55.6 Å². The van der Waals surface area contributed by atoms with Crippen LogP contribution in [0.3, 0.4) is 0 Å². The first-order valence-electron chi connectivity index (χ1n) is 10.2. The Labute approximate surface area is 181 Å². The highest BCUT2D eigenvalue weighted by molar-refractivity contribution is 6.46. The second-order valence-corrected chi connectivity index (χ2v) is 7.13. The van der Waals surface area contributed by atoms with Crippen molar-refractivity contribution in [3.05, 3.63) is 65.2 Å². The molecule has 1 fully saturated rings. The predicted molar refractivity (Wildman–Crippen MR) is 116 cm³/mol. The van der Waals surface area contributed by atoms with Crippen LogP contribution in [0, 0.1) is 0 Å². The average molecular weight is 425 g/mol. The van der Waals surface area contributed by atoms with Crippen LogP contribution in [0.15, 0.2) is 54.1 Å².